The average molecular weight is 384 g/mol. The highest BCUT2D eigenvalue weighted by Crippen LogP contribution is 2.22. The number of hydrogen-bond donors (Lipinski definition) is 1. The van der Waals surface area contributed by atoms with Crippen molar-refractivity contribution in [3.05, 3.63) is 72.7 Å². The summed E-state index contributed by atoms with van der Waals surface area (Å²) in [6.45, 7) is 0.00623. The third kappa shape index (κ3) is 5.02. The molecular formula is C19H20N4O3S. The van der Waals surface area contributed by atoms with Gasteiger partial charge in [0.1, 0.15) is 23.1 Å². The summed E-state index contributed by atoms with van der Waals surface area (Å²) in [5.41, 5.74) is 0. The molecule has 3 rings (SSSR count). The number of benzene rings is 2. The molecule has 0 unspecified atom stereocenters. The minimum absolute atomic E-state index is 0.00623. The van der Waals surface area contributed by atoms with Crippen LogP contribution < -0.4 is 14.4 Å². The van der Waals surface area contributed by atoms with Crippen LogP contribution in [0.3, 0.4) is 0 Å². The van der Waals surface area contributed by atoms with E-state index in [9.17, 15) is 8.42 Å². The molecule has 140 valence electrons. The third-order valence-electron chi connectivity index (χ3n) is 3.68. The Morgan fingerprint density at radius 2 is 1.63 bits per heavy atom. The Hall–Kier alpha value is -2.97. The lowest BCUT2D eigenvalue weighted by atomic mass is 10.3. The van der Waals surface area contributed by atoms with E-state index in [0.717, 1.165) is 0 Å². The van der Waals surface area contributed by atoms with Gasteiger partial charge in [-0.2, -0.15) is 0 Å². The zero-order valence-electron chi connectivity index (χ0n) is 15.0. The molecule has 1 N–H and O–H groups in total. The summed E-state index contributed by atoms with van der Waals surface area (Å²) in [6.07, 6.45) is 1.60. The van der Waals surface area contributed by atoms with Gasteiger partial charge in [0.05, 0.1) is 11.4 Å². The van der Waals surface area contributed by atoms with Crippen LogP contribution in [0, 0.1) is 0 Å². The first kappa shape index (κ1) is 18.8. The first-order valence-electron chi connectivity index (χ1n) is 8.26. The van der Waals surface area contributed by atoms with Gasteiger partial charge in [0.2, 0.25) is 10.0 Å². The molecule has 1 aromatic heterocycles. The van der Waals surface area contributed by atoms with Gasteiger partial charge in [0, 0.05) is 20.3 Å². The summed E-state index contributed by atoms with van der Waals surface area (Å²) in [5, 5.41) is 0. The number of sulfonamides is 1. The monoisotopic (exact) mass is 384 g/mol. The molecule has 0 aliphatic carbocycles. The third-order valence-corrected chi connectivity index (χ3v) is 5.10. The van der Waals surface area contributed by atoms with Crippen molar-refractivity contribution in [2.24, 2.45) is 0 Å². The number of ether oxygens (including phenoxy) is 1. The van der Waals surface area contributed by atoms with Gasteiger partial charge >= 0.3 is 0 Å². The van der Waals surface area contributed by atoms with E-state index in [-0.39, 0.29) is 11.4 Å². The number of para-hydroxylation sites is 1. The smallest absolute Gasteiger partial charge is 0.240 e. The summed E-state index contributed by atoms with van der Waals surface area (Å²) in [7, 11) is 0.0327. The first-order chi connectivity index (χ1) is 12.9. The Balaban J connectivity index is 1.67. The van der Waals surface area contributed by atoms with E-state index in [0.29, 0.717) is 23.1 Å². The normalized spacial score (nSPS) is 11.2. The topological polar surface area (TPSA) is 84.4 Å². The molecule has 0 saturated carbocycles. The van der Waals surface area contributed by atoms with Gasteiger partial charge in [0.15, 0.2) is 0 Å². The number of nitrogens with one attached hydrogen (secondary N) is 1. The van der Waals surface area contributed by atoms with Crippen LogP contribution in [0.5, 0.6) is 11.5 Å². The van der Waals surface area contributed by atoms with Gasteiger partial charge in [0.25, 0.3) is 0 Å². The average Bonchev–Trinajstić information content (AvgIpc) is 2.68. The molecule has 0 radical (unpaired) electrons. The van der Waals surface area contributed by atoms with Gasteiger partial charge < -0.3 is 9.64 Å². The molecule has 27 heavy (non-hydrogen) atoms. The molecule has 0 amide bonds. The molecular weight excluding hydrogens is 364 g/mol. The van der Waals surface area contributed by atoms with E-state index in [1.165, 1.54) is 12.1 Å². The van der Waals surface area contributed by atoms with E-state index < -0.39 is 10.0 Å². The Morgan fingerprint density at radius 3 is 2.30 bits per heavy atom. The Morgan fingerprint density at radius 1 is 0.963 bits per heavy atom. The summed E-state index contributed by atoms with van der Waals surface area (Å²) in [4.78, 5) is 10.4. The highest BCUT2D eigenvalue weighted by atomic mass is 32.2. The molecule has 0 saturated heterocycles. The summed E-state index contributed by atoms with van der Waals surface area (Å²) >= 11 is 0. The van der Waals surface area contributed by atoms with E-state index in [4.69, 9.17) is 4.74 Å². The fraction of sp³-hybridized carbons (Fsp3) is 0.158. The van der Waals surface area contributed by atoms with Crippen molar-refractivity contribution < 1.29 is 13.2 Å². The van der Waals surface area contributed by atoms with E-state index >= 15 is 0 Å². The predicted molar refractivity (Wildman–Crippen MR) is 103 cm³/mol. The number of anilines is 1. The predicted octanol–water partition coefficient (Wildman–Crippen LogP) is 2.81. The lowest BCUT2D eigenvalue weighted by Crippen LogP contribution is -2.24. The Bertz CT molecular complexity index is 991. The second-order valence-corrected chi connectivity index (χ2v) is 7.70. The number of rotatable bonds is 7. The maximum atomic E-state index is 12.5. The van der Waals surface area contributed by atoms with Crippen LogP contribution in [0.2, 0.25) is 0 Å². The van der Waals surface area contributed by atoms with Crippen LogP contribution in [-0.2, 0) is 16.6 Å². The van der Waals surface area contributed by atoms with Crippen molar-refractivity contribution in [1.29, 1.82) is 0 Å². The largest absolute Gasteiger partial charge is 0.457 e. The molecule has 0 aliphatic heterocycles. The highest BCUT2D eigenvalue weighted by Gasteiger charge is 2.15. The molecule has 0 aliphatic rings. The summed E-state index contributed by atoms with van der Waals surface area (Å²) in [5.74, 6) is 2.35. The van der Waals surface area contributed by atoms with Crippen LogP contribution >= 0.6 is 0 Å². The van der Waals surface area contributed by atoms with Crippen molar-refractivity contribution in [2.75, 3.05) is 19.0 Å². The van der Waals surface area contributed by atoms with Gasteiger partial charge in [-0.25, -0.2) is 23.1 Å². The van der Waals surface area contributed by atoms with Crippen LogP contribution in [0.15, 0.2) is 71.8 Å². The second-order valence-electron chi connectivity index (χ2n) is 5.94. The first-order valence-corrected chi connectivity index (χ1v) is 9.74. The van der Waals surface area contributed by atoms with Crippen molar-refractivity contribution in [2.45, 2.75) is 11.4 Å². The summed E-state index contributed by atoms with van der Waals surface area (Å²) in [6, 6.07) is 17.3. The number of aromatic nitrogens is 2. The number of hydrogen-bond acceptors (Lipinski definition) is 6. The molecule has 0 atom stereocenters. The maximum Gasteiger partial charge on any atom is 0.240 e. The fourth-order valence-corrected chi connectivity index (χ4v) is 3.26. The molecule has 2 aromatic carbocycles. The Kier molecular flexibility index (Phi) is 5.68. The van der Waals surface area contributed by atoms with Gasteiger partial charge in [-0.15, -0.1) is 0 Å². The highest BCUT2D eigenvalue weighted by molar-refractivity contribution is 7.89. The van der Waals surface area contributed by atoms with Crippen LogP contribution in [0.25, 0.3) is 0 Å². The van der Waals surface area contributed by atoms with Crippen LogP contribution in [0.4, 0.5) is 5.82 Å². The lowest BCUT2D eigenvalue weighted by molar-refractivity contribution is 0.482. The zero-order valence-corrected chi connectivity index (χ0v) is 15.8. The summed E-state index contributed by atoms with van der Waals surface area (Å²) < 4.78 is 33.1. The lowest BCUT2D eigenvalue weighted by Gasteiger charge is -2.12. The fourth-order valence-electron chi connectivity index (χ4n) is 2.28. The zero-order chi connectivity index (χ0) is 19.3. The van der Waals surface area contributed by atoms with Crippen LogP contribution in [-0.4, -0.2) is 32.5 Å². The van der Waals surface area contributed by atoms with Crippen LogP contribution in [0.1, 0.15) is 5.82 Å². The van der Waals surface area contributed by atoms with Gasteiger partial charge in [-0.3, -0.25) is 0 Å². The van der Waals surface area contributed by atoms with E-state index in [2.05, 4.69) is 14.7 Å². The molecule has 0 bridgehead atoms. The molecule has 0 spiro atoms. The molecule has 1 heterocycles. The molecule has 0 fully saturated rings. The van der Waals surface area contributed by atoms with E-state index in [1.807, 2.05) is 49.3 Å². The quantitative estimate of drug-likeness (QED) is 0.674. The molecule has 3 aromatic rings. The number of nitrogens with zero attached hydrogens (tertiary/aromatic N) is 3. The Labute approximate surface area is 158 Å². The van der Waals surface area contributed by atoms with Crippen molar-refractivity contribution in [3.63, 3.8) is 0 Å². The van der Waals surface area contributed by atoms with Gasteiger partial charge in [-0.1, -0.05) is 18.2 Å². The minimum atomic E-state index is -3.68. The van der Waals surface area contributed by atoms with E-state index in [1.54, 1.807) is 24.4 Å². The molecule has 7 nitrogen and oxygen atoms in total. The van der Waals surface area contributed by atoms with Crippen molar-refractivity contribution >= 4 is 15.8 Å². The van der Waals surface area contributed by atoms with Gasteiger partial charge in [-0.05, 0) is 42.5 Å². The van der Waals surface area contributed by atoms with Crippen molar-refractivity contribution in [1.82, 2.24) is 14.7 Å². The van der Waals surface area contributed by atoms with Crippen molar-refractivity contribution in [3.8, 4) is 11.5 Å². The minimum Gasteiger partial charge on any atom is -0.457 e. The maximum absolute atomic E-state index is 12.5. The second kappa shape index (κ2) is 8.15. The molecule has 8 heteroatoms. The SMILES string of the molecule is CN(C)c1ccnc(CNS(=O)(=O)c2ccc(Oc3ccccc3)cc2)n1. The standard InChI is InChI=1S/C19H20N4O3S/c1-23(2)19-12-13-20-18(22-19)14-21-27(24,25)17-10-8-16(9-11-17)26-15-6-4-3-5-7-15/h3-13,21H,14H2,1-2H3.